The molecule has 0 aliphatic carbocycles. The SMILES string of the molecule is CC1(C)OB(c2cc3[nH]ccc3cc2NS(=O)(=O)c2ccc(CN)cc2)OC1(C)C. The van der Waals surface area contributed by atoms with Crippen molar-refractivity contribution in [1.29, 1.82) is 0 Å². The van der Waals surface area contributed by atoms with Gasteiger partial charge in [-0.3, -0.25) is 4.72 Å². The van der Waals surface area contributed by atoms with E-state index in [0.29, 0.717) is 17.7 Å². The van der Waals surface area contributed by atoms with Crippen LogP contribution in [0.3, 0.4) is 0 Å². The molecule has 9 heteroatoms. The van der Waals surface area contributed by atoms with Crippen LogP contribution in [0.2, 0.25) is 0 Å². The molecular weight excluding hydrogens is 401 g/mol. The Balaban J connectivity index is 1.75. The number of rotatable bonds is 5. The van der Waals surface area contributed by atoms with Crippen molar-refractivity contribution in [1.82, 2.24) is 4.98 Å². The van der Waals surface area contributed by atoms with E-state index in [0.717, 1.165) is 16.5 Å². The third-order valence-electron chi connectivity index (χ3n) is 5.94. The summed E-state index contributed by atoms with van der Waals surface area (Å²) in [5.74, 6) is 0. The second-order valence-electron chi connectivity index (χ2n) is 8.55. The molecule has 158 valence electrons. The van der Waals surface area contributed by atoms with Crippen molar-refractivity contribution >= 4 is 39.2 Å². The molecule has 1 fully saturated rings. The van der Waals surface area contributed by atoms with E-state index in [2.05, 4.69) is 9.71 Å². The van der Waals surface area contributed by atoms with Gasteiger partial charge in [0.1, 0.15) is 0 Å². The Morgan fingerprint density at radius 1 is 1.03 bits per heavy atom. The smallest absolute Gasteiger partial charge is 0.399 e. The summed E-state index contributed by atoms with van der Waals surface area (Å²) in [6, 6.07) is 12.1. The first-order chi connectivity index (χ1) is 14.0. The zero-order valence-electron chi connectivity index (χ0n) is 17.5. The summed E-state index contributed by atoms with van der Waals surface area (Å²) < 4.78 is 41.2. The van der Waals surface area contributed by atoms with E-state index in [9.17, 15) is 8.42 Å². The Hall–Kier alpha value is -2.33. The number of nitrogens with two attached hydrogens (primary N) is 1. The first-order valence-corrected chi connectivity index (χ1v) is 11.3. The van der Waals surface area contributed by atoms with Gasteiger partial charge in [-0.05, 0) is 63.6 Å². The van der Waals surface area contributed by atoms with Gasteiger partial charge in [-0.1, -0.05) is 12.1 Å². The number of sulfonamides is 1. The number of hydrogen-bond donors (Lipinski definition) is 3. The van der Waals surface area contributed by atoms with Gasteiger partial charge in [0.2, 0.25) is 0 Å². The summed E-state index contributed by atoms with van der Waals surface area (Å²) in [5.41, 5.74) is 7.29. The molecule has 0 saturated carbocycles. The van der Waals surface area contributed by atoms with Crippen molar-refractivity contribution in [3.63, 3.8) is 0 Å². The highest BCUT2D eigenvalue weighted by Crippen LogP contribution is 2.37. The molecule has 0 bridgehead atoms. The molecule has 3 aromatic rings. The molecule has 2 heterocycles. The van der Waals surface area contributed by atoms with Crippen molar-refractivity contribution in [2.24, 2.45) is 5.73 Å². The van der Waals surface area contributed by atoms with E-state index >= 15 is 0 Å². The zero-order valence-corrected chi connectivity index (χ0v) is 18.3. The van der Waals surface area contributed by atoms with Crippen LogP contribution in [0.4, 0.5) is 5.69 Å². The lowest BCUT2D eigenvalue weighted by molar-refractivity contribution is 0.00578. The van der Waals surface area contributed by atoms with Crippen LogP contribution in [-0.2, 0) is 25.9 Å². The van der Waals surface area contributed by atoms with Crippen LogP contribution in [-0.4, -0.2) is 31.7 Å². The number of fused-ring (bicyclic) bond motifs is 1. The molecule has 0 amide bonds. The Bertz CT molecular complexity index is 1170. The third-order valence-corrected chi connectivity index (χ3v) is 7.33. The van der Waals surface area contributed by atoms with Crippen molar-refractivity contribution in [2.45, 2.75) is 50.3 Å². The minimum atomic E-state index is -3.81. The summed E-state index contributed by atoms with van der Waals surface area (Å²) in [6.07, 6.45) is 1.81. The number of anilines is 1. The van der Waals surface area contributed by atoms with Crippen molar-refractivity contribution < 1.29 is 17.7 Å². The summed E-state index contributed by atoms with van der Waals surface area (Å²) in [7, 11) is -4.52. The van der Waals surface area contributed by atoms with Gasteiger partial charge in [0.25, 0.3) is 10.0 Å². The molecule has 2 aromatic carbocycles. The number of aromatic nitrogens is 1. The largest absolute Gasteiger partial charge is 0.497 e. The topological polar surface area (TPSA) is 106 Å². The Morgan fingerprint density at radius 3 is 2.27 bits per heavy atom. The monoisotopic (exact) mass is 427 g/mol. The number of nitrogens with one attached hydrogen (secondary N) is 2. The lowest BCUT2D eigenvalue weighted by Gasteiger charge is -2.32. The van der Waals surface area contributed by atoms with Gasteiger partial charge < -0.3 is 20.0 Å². The maximum atomic E-state index is 13.1. The first kappa shape index (κ1) is 20.9. The van der Waals surface area contributed by atoms with Crippen molar-refractivity contribution in [3.8, 4) is 0 Å². The Morgan fingerprint density at radius 2 is 1.67 bits per heavy atom. The predicted octanol–water partition coefficient (Wildman–Crippen LogP) is 2.73. The van der Waals surface area contributed by atoms with Crippen LogP contribution in [0.5, 0.6) is 0 Å². The van der Waals surface area contributed by atoms with E-state index in [4.69, 9.17) is 15.0 Å². The molecule has 7 nitrogen and oxygen atoms in total. The molecule has 0 unspecified atom stereocenters. The third kappa shape index (κ3) is 3.62. The normalized spacial score (nSPS) is 18.1. The van der Waals surface area contributed by atoms with E-state index < -0.39 is 28.3 Å². The van der Waals surface area contributed by atoms with Crippen LogP contribution >= 0.6 is 0 Å². The van der Waals surface area contributed by atoms with Gasteiger partial charge in [0, 0.05) is 34.8 Å². The van der Waals surface area contributed by atoms with Gasteiger partial charge in [-0.15, -0.1) is 0 Å². The Labute approximate surface area is 177 Å². The highest BCUT2D eigenvalue weighted by molar-refractivity contribution is 7.92. The molecule has 0 atom stereocenters. The van der Waals surface area contributed by atoms with Gasteiger partial charge in [-0.2, -0.15) is 0 Å². The lowest BCUT2D eigenvalue weighted by Crippen LogP contribution is -2.41. The fourth-order valence-corrected chi connectivity index (χ4v) is 4.46. The van der Waals surface area contributed by atoms with Crippen LogP contribution in [0, 0.1) is 0 Å². The fourth-order valence-electron chi connectivity index (χ4n) is 3.38. The maximum Gasteiger partial charge on any atom is 0.497 e. The number of benzene rings is 2. The van der Waals surface area contributed by atoms with Crippen LogP contribution in [0.25, 0.3) is 10.9 Å². The van der Waals surface area contributed by atoms with Gasteiger partial charge in [-0.25, -0.2) is 8.42 Å². The van der Waals surface area contributed by atoms with E-state index in [1.165, 1.54) is 0 Å². The van der Waals surface area contributed by atoms with E-state index in [1.54, 1.807) is 30.3 Å². The maximum absolute atomic E-state index is 13.1. The van der Waals surface area contributed by atoms with Gasteiger partial charge >= 0.3 is 7.12 Å². The summed E-state index contributed by atoms with van der Waals surface area (Å²) >= 11 is 0. The summed E-state index contributed by atoms with van der Waals surface area (Å²) in [5, 5.41) is 0.881. The van der Waals surface area contributed by atoms with Crippen molar-refractivity contribution in [3.05, 3.63) is 54.2 Å². The molecule has 1 saturated heterocycles. The highest BCUT2D eigenvalue weighted by Gasteiger charge is 2.52. The highest BCUT2D eigenvalue weighted by atomic mass is 32.2. The predicted molar refractivity (Wildman–Crippen MR) is 119 cm³/mol. The van der Waals surface area contributed by atoms with Crippen LogP contribution in [0.15, 0.2) is 53.6 Å². The molecule has 30 heavy (non-hydrogen) atoms. The number of H-pyrrole nitrogens is 1. The molecule has 4 rings (SSSR count). The minimum Gasteiger partial charge on any atom is -0.399 e. The second-order valence-corrected chi connectivity index (χ2v) is 10.2. The average Bonchev–Trinajstić information content (AvgIpc) is 3.21. The quantitative estimate of drug-likeness (QED) is 0.543. The molecule has 0 spiro atoms. The summed E-state index contributed by atoms with van der Waals surface area (Å²) in [4.78, 5) is 3.32. The first-order valence-electron chi connectivity index (χ1n) is 9.81. The zero-order chi connectivity index (χ0) is 21.7. The molecule has 4 N–H and O–H groups in total. The number of hydrogen-bond acceptors (Lipinski definition) is 5. The van der Waals surface area contributed by atoms with Crippen LogP contribution < -0.4 is 15.9 Å². The Kier molecular flexibility index (Phi) is 4.97. The molecule has 1 aliphatic rings. The van der Waals surface area contributed by atoms with Gasteiger partial charge in [0.05, 0.1) is 16.1 Å². The molecule has 1 aromatic heterocycles. The lowest BCUT2D eigenvalue weighted by atomic mass is 9.77. The molecule has 0 radical (unpaired) electrons. The van der Waals surface area contributed by atoms with Crippen molar-refractivity contribution in [2.75, 3.05) is 4.72 Å². The fraction of sp³-hybridized carbons (Fsp3) is 0.333. The summed E-state index contributed by atoms with van der Waals surface area (Å²) in [6.45, 7) is 8.20. The molecule has 1 aliphatic heterocycles. The van der Waals surface area contributed by atoms with E-state index in [-0.39, 0.29) is 4.90 Å². The number of aromatic amines is 1. The second kappa shape index (κ2) is 7.13. The minimum absolute atomic E-state index is 0.161. The average molecular weight is 427 g/mol. The van der Waals surface area contributed by atoms with Crippen LogP contribution in [0.1, 0.15) is 33.3 Å². The standard InChI is InChI=1S/C21H26BN3O4S/c1-20(2)21(3,4)29-22(28-20)17-12-18-15(9-10-24-18)11-19(17)25-30(26,27)16-7-5-14(13-23)6-8-16/h5-12,24-25H,13,23H2,1-4H3. The molecular formula is C21H26BN3O4S. The van der Waals surface area contributed by atoms with Gasteiger partial charge in [0.15, 0.2) is 0 Å². The van der Waals surface area contributed by atoms with E-state index in [1.807, 2.05) is 46.0 Å².